The average molecular weight is 302 g/mol. The van der Waals surface area contributed by atoms with Gasteiger partial charge < -0.3 is 10.0 Å². The van der Waals surface area contributed by atoms with Crippen LogP contribution in [0.15, 0.2) is 18.2 Å². The number of imide groups is 1. The summed E-state index contributed by atoms with van der Waals surface area (Å²) in [6.45, 7) is -0.368. The Balaban J connectivity index is 1.93. The summed E-state index contributed by atoms with van der Waals surface area (Å²) >= 11 is 0. The highest BCUT2D eigenvalue weighted by Crippen LogP contribution is 2.29. The number of carboxylic acid groups (broad SMARTS) is 1. The highest BCUT2D eigenvalue weighted by molar-refractivity contribution is 6.21. The van der Waals surface area contributed by atoms with Crippen LogP contribution in [0.5, 0.6) is 0 Å². The lowest BCUT2D eigenvalue weighted by Gasteiger charge is -2.20. The van der Waals surface area contributed by atoms with Gasteiger partial charge in [0.2, 0.25) is 0 Å². The highest BCUT2D eigenvalue weighted by Gasteiger charge is 2.37. The number of benzene rings is 1. The molecule has 1 N–H and O–H groups in total. The minimum atomic E-state index is -1.08. The van der Waals surface area contributed by atoms with E-state index in [1.54, 1.807) is 0 Å². The molecule has 1 aliphatic carbocycles. The number of carboxylic acids is 1. The first kappa shape index (κ1) is 14.2. The third-order valence-electron chi connectivity index (χ3n) is 3.89. The van der Waals surface area contributed by atoms with Crippen molar-refractivity contribution in [2.24, 2.45) is 0 Å². The number of fused-ring (bicyclic) bond motifs is 1. The summed E-state index contributed by atoms with van der Waals surface area (Å²) in [5, 5.41) is 8.92. The van der Waals surface area contributed by atoms with E-state index in [4.69, 9.17) is 5.11 Å². The molecule has 1 aromatic rings. The summed E-state index contributed by atoms with van der Waals surface area (Å²) in [6, 6.07) is 4.22. The van der Waals surface area contributed by atoms with Crippen LogP contribution in [0.1, 0.15) is 43.9 Å². The van der Waals surface area contributed by atoms with Crippen molar-refractivity contribution >= 4 is 23.7 Å². The van der Waals surface area contributed by atoms with Gasteiger partial charge in [-0.15, -0.1) is 0 Å². The van der Waals surface area contributed by atoms with Crippen molar-refractivity contribution in [3.8, 4) is 0 Å². The molecule has 3 rings (SSSR count). The summed E-state index contributed by atoms with van der Waals surface area (Å²) < 4.78 is 0. The van der Waals surface area contributed by atoms with Crippen molar-refractivity contribution in [2.45, 2.75) is 18.9 Å². The Labute approximate surface area is 126 Å². The average Bonchev–Trinajstić information content (AvgIpc) is 3.30. The Bertz CT molecular complexity index is 708. The van der Waals surface area contributed by atoms with Crippen molar-refractivity contribution in [3.05, 3.63) is 34.9 Å². The molecule has 114 valence electrons. The monoisotopic (exact) mass is 302 g/mol. The molecule has 3 amide bonds. The quantitative estimate of drug-likeness (QED) is 0.822. The lowest BCUT2D eigenvalue weighted by Crippen LogP contribution is -2.37. The third-order valence-corrected chi connectivity index (χ3v) is 3.89. The van der Waals surface area contributed by atoms with Gasteiger partial charge in [0.25, 0.3) is 17.7 Å². The smallest absolute Gasteiger partial charge is 0.323 e. The van der Waals surface area contributed by atoms with Crippen LogP contribution in [0.4, 0.5) is 0 Å². The predicted molar refractivity (Wildman–Crippen MR) is 74.6 cm³/mol. The predicted octanol–water partition coefficient (Wildman–Crippen LogP) is 0.602. The lowest BCUT2D eigenvalue weighted by atomic mass is 10.0. The molecule has 1 heterocycles. The summed E-state index contributed by atoms with van der Waals surface area (Å²) in [4.78, 5) is 49.5. The topological polar surface area (TPSA) is 95.0 Å². The van der Waals surface area contributed by atoms with Gasteiger partial charge in [-0.1, -0.05) is 0 Å². The summed E-state index contributed by atoms with van der Waals surface area (Å²) in [5.74, 6) is -2.36. The van der Waals surface area contributed by atoms with E-state index in [-0.39, 0.29) is 29.3 Å². The van der Waals surface area contributed by atoms with E-state index in [0.717, 1.165) is 17.7 Å². The minimum Gasteiger partial charge on any atom is -0.480 e. The van der Waals surface area contributed by atoms with Crippen LogP contribution in [0, 0.1) is 0 Å². The van der Waals surface area contributed by atoms with Gasteiger partial charge in [-0.05, 0) is 31.0 Å². The van der Waals surface area contributed by atoms with Crippen LogP contribution in [0.25, 0.3) is 0 Å². The fourth-order valence-corrected chi connectivity index (χ4v) is 2.56. The van der Waals surface area contributed by atoms with Crippen LogP contribution in [0.2, 0.25) is 0 Å². The molecule has 0 atom stereocenters. The first-order chi connectivity index (χ1) is 10.4. The highest BCUT2D eigenvalue weighted by atomic mass is 16.4. The molecular formula is C15H14N2O5. The van der Waals surface area contributed by atoms with Gasteiger partial charge in [0.1, 0.15) is 6.54 Å². The van der Waals surface area contributed by atoms with E-state index < -0.39 is 23.7 Å². The van der Waals surface area contributed by atoms with E-state index in [2.05, 4.69) is 0 Å². The molecule has 0 radical (unpaired) electrons. The second-order valence-electron chi connectivity index (χ2n) is 5.49. The van der Waals surface area contributed by atoms with E-state index in [9.17, 15) is 19.2 Å². The molecule has 1 aromatic carbocycles. The second kappa shape index (κ2) is 4.94. The molecule has 1 saturated carbocycles. The molecule has 0 aromatic heterocycles. The van der Waals surface area contributed by atoms with Crippen molar-refractivity contribution in [3.63, 3.8) is 0 Å². The Morgan fingerprint density at radius 3 is 2.45 bits per heavy atom. The number of carbonyl (C=O) groups excluding carboxylic acids is 3. The number of amides is 3. The molecule has 7 heteroatoms. The van der Waals surface area contributed by atoms with Crippen LogP contribution in [-0.2, 0) is 4.79 Å². The maximum atomic E-state index is 12.5. The van der Waals surface area contributed by atoms with Gasteiger partial charge in [0.05, 0.1) is 11.1 Å². The number of rotatable bonds is 4. The van der Waals surface area contributed by atoms with E-state index >= 15 is 0 Å². The zero-order valence-electron chi connectivity index (χ0n) is 11.9. The summed E-state index contributed by atoms with van der Waals surface area (Å²) in [7, 11) is 1.38. The molecular weight excluding hydrogens is 288 g/mol. The van der Waals surface area contributed by atoms with Crippen LogP contribution in [0.3, 0.4) is 0 Å². The Morgan fingerprint density at radius 2 is 1.86 bits per heavy atom. The largest absolute Gasteiger partial charge is 0.480 e. The summed E-state index contributed by atoms with van der Waals surface area (Å²) in [6.07, 6.45) is 1.56. The third kappa shape index (κ3) is 2.24. The fraction of sp³-hybridized carbons (Fsp3) is 0.333. The first-order valence-electron chi connectivity index (χ1n) is 6.89. The van der Waals surface area contributed by atoms with Gasteiger partial charge >= 0.3 is 5.97 Å². The van der Waals surface area contributed by atoms with Gasteiger partial charge in [-0.3, -0.25) is 24.1 Å². The second-order valence-corrected chi connectivity index (χ2v) is 5.49. The number of aliphatic carboxylic acids is 1. The molecule has 22 heavy (non-hydrogen) atoms. The first-order valence-corrected chi connectivity index (χ1v) is 6.89. The summed E-state index contributed by atoms with van der Waals surface area (Å²) in [5.41, 5.74) is 0.674. The molecule has 7 nitrogen and oxygen atoms in total. The zero-order chi connectivity index (χ0) is 16.0. The van der Waals surface area contributed by atoms with Gasteiger partial charge in [0.15, 0.2) is 0 Å². The van der Waals surface area contributed by atoms with Crippen LogP contribution >= 0.6 is 0 Å². The van der Waals surface area contributed by atoms with Crippen molar-refractivity contribution < 1.29 is 24.3 Å². The zero-order valence-corrected chi connectivity index (χ0v) is 11.9. The van der Waals surface area contributed by atoms with Crippen molar-refractivity contribution in [1.29, 1.82) is 0 Å². The van der Waals surface area contributed by atoms with E-state index in [1.807, 2.05) is 0 Å². The van der Waals surface area contributed by atoms with Crippen LogP contribution < -0.4 is 0 Å². The number of carbonyl (C=O) groups is 4. The molecule has 0 saturated heterocycles. The molecule has 0 spiro atoms. The molecule has 0 bridgehead atoms. The normalized spacial score (nSPS) is 16.7. The van der Waals surface area contributed by atoms with Crippen LogP contribution in [-0.4, -0.2) is 58.2 Å². The van der Waals surface area contributed by atoms with Crippen molar-refractivity contribution in [1.82, 2.24) is 9.80 Å². The SMILES string of the molecule is CN1C(=O)c2ccc(C(=O)N(CC(=O)O)C3CC3)cc2C1=O. The standard InChI is InChI=1S/C15H14N2O5/c1-16-14(21)10-5-2-8(6-11(10)15(16)22)13(20)17(7-12(18)19)9-3-4-9/h2,5-6,9H,3-4,7H2,1H3,(H,18,19). The Hall–Kier alpha value is -2.70. The Kier molecular flexibility index (Phi) is 3.20. The molecule has 1 aliphatic heterocycles. The molecule has 0 unspecified atom stereocenters. The number of hydrogen-bond acceptors (Lipinski definition) is 4. The maximum absolute atomic E-state index is 12.5. The fourth-order valence-electron chi connectivity index (χ4n) is 2.56. The van der Waals surface area contributed by atoms with Gasteiger partial charge in [-0.25, -0.2) is 0 Å². The van der Waals surface area contributed by atoms with Gasteiger partial charge in [0, 0.05) is 18.7 Å². The minimum absolute atomic E-state index is 0.0585. The maximum Gasteiger partial charge on any atom is 0.323 e. The number of hydrogen-bond donors (Lipinski definition) is 1. The van der Waals surface area contributed by atoms with Crippen molar-refractivity contribution in [2.75, 3.05) is 13.6 Å². The molecule has 2 aliphatic rings. The lowest BCUT2D eigenvalue weighted by molar-refractivity contribution is -0.137. The van der Waals surface area contributed by atoms with E-state index in [0.29, 0.717) is 0 Å². The number of nitrogens with zero attached hydrogens (tertiary/aromatic N) is 2. The van der Waals surface area contributed by atoms with E-state index in [1.165, 1.54) is 30.1 Å². The Morgan fingerprint density at radius 1 is 1.23 bits per heavy atom. The molecule has 1 fully saturated rings. The van der Waals surface area contributed by atoms with Gasteiger partial charge in [-0.2, -0.15) is 0 Å².